The van der Waals surface area contributed by atoms with Crippen molar-refractivity contribution in [2.45, 2.75) is 46.1 Å². The van der Waals surface area contributed by atoms with Crippen LogP contribution in [0.2, 0.25) is 0 Å². The van der Waals surface area contributed by atoms with E-state index in [0.717, 1.165) is 0 Å². The van der Waals surface area contributed by atoms with Crippen molar-refractivity contribution in [3.05, 3.63) is 64.6 Å². The van der Waals surface area contributed by atoms with Crippen LogP contribution in [0.3, 0.4) is 0 Å². The number of nitrogens with zero attached hydrogens (tertiary/aromatic N) is 2. The predicted molar refractivity (Wildman–Crippen MR) is 142 cm³/mol. The zero-order valence-corrected chi connectivity index (χ0v) is 23.6. The molecule has 0 bridgehead atoms. The van der Waals surface area contributed by atoms with Gasteiger partial charge in [-0.3, -0.25) is 23.0 Å². The summed E-state index contributed by atoms with van der Waals surface area (Å²) in [5.41, 5.74) is 0.794. The Balaban J connectivity index is 1.69. The van der Waals surface area contributed by atoms with Gasteiger partial charge in [-0.15, -0.1) is 0 Å². The van der Waals surface area contributed by atoms with Gasteiger partial charge in [-0.2, -0.15) is 0 Å². The molecule has 40 heavy (non-hydrogen) atoms. The number of carbonyl (C=O) groups is 2. The summed E-state index contributed by atoms with van der Waals surface area (Å²) >= 11 is 0. The lowest BCUT2D eigenvalue weighted by atomic mass is 10.2. The number of rotatable bonds is 12. The molecule has 0 atom stereocenters. The summed E-state index contributed by atoms with van der Waals surface area (Å²) in [6, 6.07) is 11.3. The van der Waals surface area contributed by atoms with Crippen molar-refractivity contribution in [3.63, 3.8) is 0 Å². The fraction of sp³-hybridized carbons (Fsp3) is 0.385. The highest BCUT2D eigenvalue weighted by Crippen LogP contribution is 2.51. The van der Waals surface area contributed by atoms with Crippen molar-refractivity contribution in [1.82, 2.24) is 9.55 Å². The van der Waals surface area contributed by atoms with Crippen molar-refractivity contribution in [2.24, 2.45) is 7.05 Å². The van der Waals surface area contributed by atoms with Gasteiger partial charge < -0.3 is 23.7 Å². The molecule has 0 spiro atoms. The van der Waals surface area contributed by atoms with E-state index >= 15 is 0 Å². The SMILES string of the molecule is CC(C)OC(=O)OCOP(=O)(Cc1ccc(Oc2ccnc3c2ccc(=O)n3C)cc1)OCOC(=O)OC(C)C. The average molecular weight is 579 g/mol. The van der Waals surface area contributed by atoms with Crippen molar-refractivity contribution < 1.29 is 46.9 Å². The van der Waals surface area contributed by atoms with E-state index < -0.39 is 45.7 Å². The highest BCUT2D eigenvalue weighted by Gasteiger charge is 2.28. The van der Waals surface area contributed by atoms with Crippen LogP contribution in [0.5, 0.6) is 11.5 Å². The van der Waals surface area contributed by atoms with Gasteiger partial charge in [0, 0.05) is 19.3 Å². The molecule has 0 unspecified atom stereocenters. The molecule has 0 aliphatic carbocycles. The summed E-state index contributed by atoms with van der Waals surface area (Å²) in [4.78, 5) is 39.4. The van der Waals surface area contributed by atoms with Crippen LogP contribution >= 0.6 is 7.60 Å². The monoisotopic (exact) mass is 578 g/mol. The van der Waals surface area contributed by atoms with Crippen LogP contribution in [0, 0.1) is 0 Å². The lowest BCUT2D eigenvalue weighted by Gasteiger charge is -2.19. The number of aromatic nitrogens is 2. The fourth-order valence-electron chi connectivity index (χ4n) is 3.23. The zero-order chi connectivity index (χ0) is 29.3. The first kappa shape index (κ1) is 30.6. The molecule has 3 aromatic rings. The van der Waals surface area contributed by atoms with E-state index in [1.165, 1.54) is 16.8 Å². The molecule has 0 N–H and O–H groups in total. The van der Waals surface area contributed by atoms with Crippen LogP contribution in [-0.2, 0) is 45.8 Å². The quantitative estimate of drug-likeness (QED) is 0.152. The van der Waals surface area contributed by atoms with E-state index in [1.807, 2.05) is 0 Å². The molecule has 0 amide bonds. The molecule has 0 aliphatic rings. The molecular weight excluding hydrogens is 547 g/mol. The Morgan fingerprint density at radius 3 is 2.00 bits per heavy atom. The van der Waals surface area contributed by atoms with Crippen molar-refractivity contribution >= 4 is 30.9 Å². The first-order valence-electron chi connectivity index (χ1n) is 12.2. The van der Waals surface area contributed by atoms with Gasteiger partial charge in [0.2, 0.25) is 13.6 Å². The average Bonchev–Trinajstić information content (AvgIpc) is 2.87. The second kappa shape index (κ2) is 13.9. The number of benzene rings is 1. The van der Waals surface area contributed by atoms with Gasteiger partial charge in [-0.25, -0.2) is 14.6 Å². The highest BCUT2D eigenvalue weighted by molar-refractivity contribution is 7.53. The molecule has 0 aliphatic heterocycles. The summed E-state index contributed by atoms with van der Waals surface area (Å²) in [5, 5.41) is 0.645. The van der Waals surface area contributed by atoms with Crippen molar-refractivity contribution in [2.75, 3.05) is 13.6 Å². The van der Waals surface area contributed by atoms with E-state index in [0.29, 0.717) is 28.1 Å². The topological polar surface area (TPSA) is 151 Å². The highest BCUT2D eigenvalue weighted by atomic mass is 31.2. The van der Waals surface area contributed by atoms with Crippen LogP contribution in [0.15, 0.2) is 53.5 Å². The molecule has 0 radical (unpaired) electrons. The minimum Gasteiger partial charge on any atom is -0.457 e. The van der Waals surface area contributed by atoms with Crippen LogP contribution in [-0.4, -0.2) is 47.7 Å². The van der Waals surface area contributed by atoms with Crippen molar-refractivity contribution in [3.8, 4) is 11.5 Å². The second-order valence-corrected chi connectivity index (χ2v) is 11.0. The first-order chi connectivity index (χ1) is 19.0. The fourth-order valence-corrected chi connectivity index (χ4v) is 4.58. The Kier molecular flexibility index (Phi) is 10.7. The number of hydrogen-bond acceptors (Lipinski definition) is 12. The molecule has 0 fully saturated rings. The minimum absolute atomic E-state index is 0.195. The minimum atomic E-state index is -3.99. The summed E-state index contributed by atoms with van der Waals surface area (Å²) in [6.07, 6.45) is -1.58. The molecular formula is C26H31N2O11P. The molecule has 0 saturated heterocycles. The summed E-state index contributed by atoms with van der Waals surface area (Å²) in [7, 11) is -2.37. The Labute approximate surface area is 230 Å². The van der Waals surface area contributed by atoms with Gasteiger partial charge in [-0.05, 0) is 57.5 Å². The Morgan fingerprint density at radius 1 is 0.875 bits per heavy atom. The standard InChI is InChI=1S/C26H31N2O11P/c1-17(2)37-25(30)33-15-35-40(32,36-16-34-26(31)38-18(3)4)14-19-6-8-20(9-7-19)39-22-12-13-27-24-21(22)10-11-23(29)28(24)5/h6-13,17-18H,14-16H2,1-5H3. The van der Waals surface area contributed by atoms with Gasteiger partial charge in [0.05, 0.1) is 23.8 Å². The number of ether oxygens (including phenoxy) is 5. The maximum atomic E-state index is 13.4. The molecule has 2 heterocycles. The van der Waals surface area contributed by atoms with Crippen LogP contribution < -0.4 is 10.3 Å². The van der Waals surface area contributed by atoms with E-state index in [2.05, 4.69) is 4.98 Å². The Morgan fingerprint density at radius 2 is 1.45 bits per heavy atom. The van der Waals surface area contributed by atoms with Gasteiger partial charge in [-0.1, -0.05) is 12.1 Å². The number of carbonyl (C=O) groups excluding carboxylic acids is 2. The summed E-state index contributed by atoms with van der Waals surface area (Å²) in [5.74, 6) is 0.947. The van der Waals surface area contributed by atoms with E-state index in [1.54, 1.807) is 71.1 Å². The Bertz CT molecular complexity index is 1390. The van der Waals surface area contributed by atoms with Gasteiger partial charge >= 0.3 is 19.9 Å². The maximum absolute atomic E-state index is 13.4. The maximum Gasteiger partial charge on any atom is 0.510 e. The third-order valence-electron chi connectivity index (χ3n) is 5.01. The van der Waals surface area contributed by atoms with E-state index in [9.17, 15) is 18.9 Å². The number of pyridine rings is 2. The van der Waals surface area contributed by atoms with Crippen LogP contribution in [0.25, 0.3) is 11.0 Å². The molecule has 13 nitrogen and oxygen atoms in total. The molecule has 216 valence electrons. The lowest BCUT2D eigenvalue weighted by Crippen LogP contribution is -2.16. The van der Waals surface area contributed by atoms with Gasteiger partial charge in [0.1, 0.15) is 17.1 Å². The molecule has 14 heteroatoms. The van der Waals surface area contributed by atoms with Gasteiger partial charge in [0.25, 0.3) is 5.56 Å². The lowest BCUT2D eigenvalue weighted by molar-refractivity contribution is -0.0304. The largest absolute Gasteiger partial charge is 0.510 e. The van der Waals surface area contributed by atoms with Crippen LogP contribution in [0.1, 0.15) is 33.3 Å². The molecule has 0 saturated carbocycles. The summed E-state index contributed by atoms with van der Waals surface area (Å²) < 4.78 is 50.6. The molecule has 2 aromatic heterocycles. The van der Waals surface area contributed by atoms with Crippen LogP contribution in [0.4, 0.5) is 9.59 Å². The number of fused-ring (bicyclic) bond motifs is 1. The number of aryl methyl sites for hydroxylation is 1. The second-order valence-electron chi connectivity index (χ2n) is 8.91. The van der Waals surface area contributed by atoms with Crippen molar-refractivity contribution in [1.29, 1.82) is 0 Å². The predicted octanol–water partition coefficient (Wildman–Crippen LogP) is 5.49. The third kappa shape index (κ3) is 9.08. The molecule has 1 aromatic carbocycles. The Hall–Kier alpha value is -3.93. The first-order valence-corrected chi connectivity index (χ1v) is 13.9. The van der Waals surface area contributed by atoms with E-state index in [4.69, 9.17) is 32.7 Å². The number of hydrogen-bond donors (Lipinski definition) is 0. The zero-order valence-electron chi connectivity index (χ0n) is 22.7. The summed E-state index contributed by atoms with van der Waals surface area (Å²) in [6.45, 7) is 5.09. The third-order valence-corrected chi connectivity index (χ3v) is 6.76. The van der Waals surface area contributed by atoms with E-state index in [-0.39, 0.29) is 11.7 Å². The van der Waals surface area contributed by atoms with Gasteiger partial charge in [0.15, 0.2) is 0 Å². The molecule has 3 rings (SSSR count). The normalized spacial score (nSPS) is 11.5. The smallest absolute Gasteiger partial charge is 0.457 e.